The van der Waals surface area contributed by atoms with Gasteiger partial charge in [-0.1, -0.05) is 23.7 Å². The molecule has 2 aromatic carbocycles. The van der Waals surface area contributed by atoms with Crippen molar-refractivity contribution in [3.63, 3.8) is 0 Å². The number of hydrogen-bond acceptors (Lipinski definition) is 4. The zero-order valence-electron chi connectivity index (χ0n) is 13.3. The second kappa shape index (κ2) is 9.30. The van der Waals surface area contributed by atoms with E-state index in [1.807, 2.05) is 0 Å². The van der Waals surface area contributed by atoms with Crippen molar-refractivity contribution in [1.29, 1.82) is 5.26 Å². The molecule has 0 radical (unpaired) electrons. The predicted octanol–water partition coefficient (Wildman–Crippen LogP) is 2.89. The van der Waals surface area contributed by atoms with Gasteiger partial charge in [0.2, 0.25) is 5.91 Å². The fourth-order valence-corrected chi connectivity index (χ4v) is 2.04. The largest absolute Gasteiger partial charge is 0.484 e. The Labute approximate surface area is 150 Å². The van der Waals surface area contributed by atoms with Crippen molar-refractivity contribution in [1.82, 2.24) is 5.32 Å². The molecule has 0 aliphatic carbocycles. The number of nitrogens with one attached hydrogen (secondary N) is 2. The Balaban J connectivity index is 1.75. The molecule has 2 rings (SSSR count). The van der Waals surface area contributed by atoms with E-state index in [9.17, 15) is 9.59 Å². The highest BCUT2D eigenvalue weighted by Crippen LogP contribution is 2.15. The van der Waals surface area contributed by atoms with E-state index in [2.05, 4.69) is 10.6 Å². The van der Waals surface area contributed by atoms with Crippen LogP contribution in [-0.4, -0.2) is 18.4 Å². The van der Waals surface area contributed by atoms with Gasteiger partial charge in [-0.2, -0.15) is 5.26 Å². The molecule has 0 saturated heterocycles. The van der Waals surface area contributed by atoms with Crippen molar-refractivity contribution >= 4 is 29.1 Å². The molecule has 0 aliphatic rings. The summed E-state index contributed by atoms with van der Waals surface area (Å²) in [6.45, 7) is 0.249. The van der Waals surface area contributed by atoms with Crippen LogP contribution in [0.2, 0.25) is 5.02 Å². The predicted molar refractivity (Wildman–Crippen MR) is 94.1 cm³/mol. The van der Waals surface area contributed by atoms with Crippen LogP contribution in [-0.2, 0) is 16.1 Å². The van der Waals surface area contributed by atoms with E-state index >= 15 is 0 Å². The molecule has 2 aromatic rings. The van der Waals surface area contributed by atoms with Crippen molar-refractivity contribution in [3.05, 3.63) is 59.1 Å². The lowest BCUT2D eigenvalue weighted by Crippen LogP contribution is -2.28. The van der Waals surface area contributed by atoms with Crippen LogP contribution in [0.5, 0.6) is 5.75 Å². The first-order valence-electron chi connectivity index (χ1n) is 7.47. The minimum Gasteiger partial charge on any atom is -0.484 e. The smallest absolute Gasteiger partial charge is 0.258 e. The van der Waals surface area contributed by atoms with Gasteiger partial charge in [0.25, 0.3) is 5.91 Å². The van der Waals surface area contributed by atoms with Gasteiger partial charge in [0.1, 0.15) is 12.2 Å². The molecule has 0 heterocycles. The molecule has 0 fully saturated rings. The molecule has 25 heavy (non-hydrogen) atoms. The Hall–Kier alpha value is -3.04. The molecule has 0 spiro atoms. The van der Waals surface area contributed by atoms with Gasteiger partial charge in [-0.25, -0.2) is 0 Å². The van der Waals surface area contributed by atoms with E-state index in [1.54, 1.807) is 54.6 Å². The highest BCUT2D eigenvalue weighted by atomic mass is 35.5. The number of amides is 2. The summed E-state index contributed by atoms with van der Waals surface area (Å²) in [5, 5.41) is 14.4. The lowest BCUT2D eigenvalue weighted by atomic mass is 10.2. The topological polar surface area (TPSA) is 91.2 Å². The summed E-state index contributed by atoms with van der Waals surface area (Å²) in [7, 11) is 0. The van der Waals surface area contributed by atoms with Gasteiger partial charge in [-0.05, 0) is 42.0 Å². The average Bonchev–Trinajstić information content (AvgIpc) is 2.61. The van der Waals surface area contributed by atoms with Gasteiger partial charge >= 0.3 is 0 Å². The van der Waals surface area contributed by atoms with Crippen LogP contribution in [0, 0.1) is 11.3 Å². The molecule has 7 heteroatoms. The summed E-state index contributed by atoms with van der Waals surface area (Å²) >= 11 is 5.77. The molecule has 0 bridgehead atoms. The van der Waals surface area contributed by atoms with Gasteiger partial charge in [0.15, 0.2) is 6.61 Å². The fourth-order valence-electron chi connectivity index (χ4n) is 1.91. The Kier molecular flexibility index (Phi) is 6.81. The molecule has 2 N–H and O–H groups in total. The van der Waals surface area contributed by atoms with Gasteiger partial charge in [0.05, 0.1) is 6.07 Å². The number of hydrogen-bond donors (Lipinski definition) is 2. The van der Waals surface area contributed by atoms with Gasteiger partial charge in [0, 0.05) is 17.3 Å². The minimum absolute atomic E-state index is 0.0933. The van der Waals surface area contributed by atoms with E-state index < -0.39 is 0 Å². The summed E-state index contributed by atoms with van der Waals surface area (Å²) < 4.78 is 5.35. The first kappa shape index (κ1) is 18.3. The van der Waals surface area contributed by atoms with E-state index in [-0.39, 0.29) is 24.8 Å². The molecule has 0 saturated carbocycles. The molecular formula is C18H16ClN3O3. The van der Waals surface area contributed by atoms with E-state index in [1.165, 1.54) is 0 Å². The van der Waals surface area contributed by atoms with Crippen LogP contribution in [0.25, 0.3) is 0 Å². The van der Waals surface area contributed by atoms with Crippen LogP contribution in [0.1, 0.15) is 12.0 Å². The zero-order chi connectivity index (χ0) is 18.1. The van der Waals surface area contributed by atoms with Crippen molar-refractivity contribution in [2.45, 2.75) is 13.0 Å². The van der Waals surface area contributed by atoms with Crippen LogP contribution in [0.4, 0.5) is 5.69 Å². The number of nitriles is 1. The molecule has 2 amide bonds. The van der Waals surface area contributed by atoms with Crippen molar-refractivity contribution in [3.8, 4) is 11.8 Å². The SMILES string of the molecule is N#CCC(=O)Nc1ccc(CNC(=O)COc2ccc(Cl)cc2)cc1. The second-order valence-electron chi connectivity index (χ2n) is 5.10. The Morgan fingerprint density at radius 1 is 1.04 bits per heavy atom. The summed E-state index contributed by atoms with van der Waals surface area (Å²) in [5.41, 5.74) is 1.47. The quantitative estimate of drug-likeness (QED) is 0.797. The van der Waals surface area contributed by atoms with Crippen molar-refractivity contribution < 1.29 is 14.3 Å². The summed E-state index contributed by atoms with van der Waals surface area (Å²) in [5.74, 6) is -0.0405. The lowest BCUT2D eigenvalue weighted by Gasteiger charge is -2.08. The van der Waals surface area contributed by atoms with Crippen LogP contribution >= 0.6 is 11.6 Å². The third-order valence-corrected chi connectivity index (χ3v) is 3.40. The second-order valence-corrected chi connectivity index (χ2v) is 5.54. The van der Waals surface area contributed by atoms with Gasteiger partial charge in [-0.3, -0.25) is 9.59 Å². The highest BCUT2D eigenvalue weighted by molar-refractivity contribution is 6.30. The molecule has 0 aliphatic heterocycles. The Morgan fingerprint density at radius 3 is 2.36 bits per heavy atom. The number of ether oxygens (including phenoxy) is 1. The monoisotopic (exact) mass is 357 g/mol. The van der Waals surface area contributed by atoms with Crippen LogP contribution in [0.3, 0.4) is 0 Å². The lowest BCUT2D eigenvalue weighted by molar-refractivity contribution is -0.123. The van der Waals surface area contributed by atoms with E-state index in [0.29, 0.717) is 23.0 Å². The molecule has 0 unspecified atom stereocenters. The van der Waals surface area contributed by atoms with E-state index in [0.717, 1.165) is 5.56 Å². The number of rotatable bonds is 7. The molecular weight excluding hydrogens is 342 g/mol. The van der Waals surface area contributed by atoms with Crippen LogP contribution in [0.15, 0.2) is 48.5 Å². The van der Waals surface area contributed by atoms with Gasteiger partial charge < -0.3 is 15.4 Å². The number of carbonyl (C=O) groups excluding carboxylic acids is 2. The first-order valence-corrected chi connectivity index (χ1v) is 7.85. The maximum atomic E-state index is 11.8. The Morgan fingerprint density at radius 2 is 1.72 bits per heavy atom. The minimum atomic E-state index is -0.358. The van der Waals surface area contributed by atoms with Crippen molar-refractivity contribution in [2.24, 2.45) is 0 Å². The number of carbonyl (C=O) groups is 2. The zero-order valence-corrected chi connectivity index (χ0v) is 14.0. The normalized spacial score (nSPS) is 9.76. The first-order chi connectivity index (χ1) is 12.1. The summed E-state index contributed by atoms with van der Waals surface area (Å²) in [6.07, 6.45) is -0.189. The molecule has 128 valence electrons. The fraction of sp³-hybridized carbons (Fsp3) is 0.167. The maximum absolute atomic E-state index is 11.8. The Bertz CT molecular complexity index is 768. The van der Waals surface area contributed by atoms with Crippen molar-refractivity contribution in [2.75, 3.05) is 11.9 Å². The maximum Gasteiger partial charge on any atom is 0.258 e. The van der Waals surface area contributed by atoms with Crippen LogP contribution < -0.4 is 15.4 Å². The van der Waals surface area contributed by atoms with E-state index in [4.69, 9.17) is 21.6 Å². The number of halogens is 1. The molecule has 0 atom stereocenters. The highest BCUT2D eigenvalue weighted by Gasteiger charge is 2.04. The molecule has 0 aromatic heterocycles. The number of nitrogens with zero attached hydrogens (tertiary/aromatic N) is 1. The average molecular weight is 358 g/mol. The molecule has 6 nitrogen and oxygen atoms in total. The third kappa shape index (κ3) is 6.53. The summed E-state index contributed by atoms with van der Waals surface area (Å²) in [4.78, 5) is 23.1. The number of anilines is 1. The standard InChI is InChI=1S/C18H16ClN3O3/c19-14-3-7-16(8-4-14)25-12-18(24)21-11-13-1-5-15(6-2-13)22-17(23)9-10-20/h1-8H,9,11-12H2,(H,21,24)(H,22,23). The third-order valence-electron chi connectivity index (χ3n) is 3.15. The summed E-state index contributed by atoms with van der Waals surface area (Å²) in [6, 6.07) is 15.5. The van der Waals surface area contributed by atoms with Gasteiger partial charge in [-0.15, -0.1) is 0 Å². The number of benzene rings is 2.